The molecule has 3 heteroatoms. The second kappa shape index (κ2) is 4.67. The number of piperazine rings is 1. The van der Waals surface area contributed by atoms with Crippen LogP contribution < -0.4 is 5.32 Å². The fourth-order valence-electron chi connectivity index (χ4n) is 2.36. The first-order valence-corrected chi connectivity index (χ1v) is 6.23. The Balaban J connectivity index is 2.16. The van der Waals surface area contributed by atoms with E-state index >= 15 is 0 Å². The van der Waals surface area contributed by atoms with Gasteiger partial charge in [0.25, 0.3) is 0 Å². The van der Waals surface area contributed by atoms with E-state index in [1.165, 1.54) is 5.56 Å². The van der Waals surface area contributed by atoms with Crippen molar-refractivity contribution in [2.75, 3.05) is 19.6 Å². The van der Waals surface area contributed by atoms with Crippen LogP contribution in [0.3, 0.4) is 0 Å². The smallest absolute Gasteiger partial charge is 0.120 e. The minimum absolute atomic E-state index is 0.147. The summed E-state index contributed by atoms with van der Waals surface area (Å²) in [6.07, 6.45) is 0. The van der Waals surface area contributed by atoms with Crippen molar-refractivity contribution in [3.8, 4) is 5.75 Å². The molecular formula is C14H22N2O. The zero-order valence-electron chi connectivity index (χ0n) is 11.0. The molecule has 1 saturated heterocycles. The van der Waals surface area contributed by atoms with Crippen LogP contribution in [-0.2, 0) is 6.54 Å². The Bertz CT molecular complexity index is 401. The Kier molecular flexibility index (Phi) is 3.40. The minimum Gasteiger partial charge on any atom is -0.508 e. The van der Waals surface area contributed by atoms with Crippen molar-refractivity contribution >= 4 is 0 Å². The highest BCUT2D eigenvalue weighted by Crippen LogP contribution is 2.24. The molecule has 2 N–H and O–H groups in total. The van der Waals surface area contributed by atoms with Crippen LogP contribution >= 0.6 is 0 Å². The first-order valence-electron chi connectivity index (χ1n) is 6.23. The van der Waals surface area contributed by atoms with Gasteiger partial charge in [0.2, 0.25) is 0 Å². The Morgan fingerprint density at radius 2 is 2.18 bits per heavy atom. The third kappa shape index (κ3) is 2.79. The van der Waals surface area contributed by atoms with Crippen molar-refractivity contribution in [2.45, 2.75) is 32.9 Å². The van der Waals surface area contributed by atoms with Crippen LogP contribution in [-0.4, -0.2) is 35.2 Å². The topological polar surface area (TPSA) is 35.5 Å². The number of nitrogens with one attached hydrogen (secondary N) is 1. The molecule has 0 atom stereocenters. The molecule has 17 heavy (non-hydrogen) atoms. The van der Waals surface area contributed by atoms with Crippen LogP contribution in [0.25, 0.3) is 0 Å². The van der Waals surface area contributed by atoms with E-state index < -0.39 is 0 Å². The largest absolute Gasteiger partial charge is 0.508 e. The van der Waals surface area contributed by atoms with Crippen molar-refractivity contribution in [1.29, 1.82) is 0 Å². The van der Waals surface area contributed by atoms with Crippen molar-refractivity contribution in [2.24, 2.45) is 0 Å². The van der Waals surface area contributed by atoms with Crippen molar-refractivity contribution in [3.63, 3.8) is 0 Å². The Morgan fingerprint density at radius 1 is 1.41 bits per heavy atom. The maximum Gasteiger partial charge on any atom is 0.120 e. The predicted octanol–water partition coefficient (Wildman–Crippen LogP) is 1.88. The number of rotatable bonds is 2. The van der Waals surface area contributed by atoms with Gasteiger partial charge in [-0.1, -0.05) is 17.7 Å². The van der Waals surface area contributed by atoms with Crippen LogP contribution in [0.5, 0.6) is 5.75 Å². The maximum absolute atomic E-state index is 9.89. The van der Waals surface area contributed by atoms with Crippen LogP contribution in [0.15, 0.2) is 18.2 Å². The van der Waals surface area contributed by atoms with E-state index in [-0.39, 0.29) is 5.54 Å². The molecule has 1 heterocycles. The fraction of sp³-hybridized carbons (Fsp3) is 0.571. The number of hydrogen-bond acceptors (Lipinski definition) is 3. The van der Waals surface area contributed by atoms with E-state index in [1.807, 2.05) is 6.07 Å². The van der Waals surface area contributed by atoms with Gasteiger partial charge in [0.05, 0.1) is 0 Å². The SMILES string of the molecule is Cc1ccc(O)c(CN2CCNCC2(C)C)c1. The van der Waals surface area contributed by atoms with Gasteiger partial charge in [-0.3, -0.25) is 4.90 Å². The van der Waals surface area contributed by atoms with Gasteiger partial charge in [-0.2, -0.15) is 0 Å². The summed E-state index contributed by atoms with van der Waals surface area (Å²) in [5.41, 5.74) is 2.37. The molecule has 0 bridgehead atoms. The van der Waals surface area contributed by atoms with Gasteiger partial charge >= 0.3 is 0 Å². The van der Waals surface area contributed by atoms with Gasteiger partial charge in [-0.15, -0.1) is 0 Å². The van der Waals surface area contributed by atoms with E-state index in [0.29, 0.717) is 5.75 Å². The van der Waals surface area contributed by atoms with E-state index in [9.17, 15) is 5.11 Å². The minimum atomic E-state index is 0.147. The number of phenolic OH excluding ortho intramolecular Hbond substituents is 1. The number of aryl methyl sites for hydroxylation is 1. The lowest BCUT2D eigenvalue weighted by atomic mass is 9.98. The molecule has 0 radical (unpaired) electrons. The molecule has 94 valence electrons. The zero-order valence-corrected chi connectivity index (χ0v) is 11.0. The van der Waals surface area contributed by atoms with E-state index in [4.69, 9.17) is 0 Å². The van der Waals surface area contributed by atoms with Gasteiger partial charge in [0, 0.05) is 37.3 Å². The molecule has 0 unspecified atom stereocenters. The molecule has 1 aliphatic heterocycles. The summed E-state index contributed by atoms with van der Waals surface area (Å²) >= 11 is 0. The van der Waals surface area contributed by atoms with E-state index in [2.05, 4.69) is 37.1 Å². The van der Waals surface area contributed by atoms with Crippen LogP contribution in [0.2, 0.25) is 0 Å². The highest BCUT2D eigenvalue weighted by atomic mass is 16.3. The first kappa shape index (κ1) is 12.4. The molecule has 1 fully saturated rings. The highest BCUT2D eigenvalue weighted by molar-refractivity contribution is 5.35. The number of phenols is 1. The molecule has 1 aliphatic rings. The Labute approximate surface area is 103 Å². The van der Waals surface area contributed by atoms with Gasteiger partial charge < -0.3 is 10.4 Å². The lowest BCUT2D eigenvalue weighted by Gasteiger charge is -2.43. The predicted molar refractivity (Wildman–Crippen MR) is 70.2 cm³/mol. The Morgan fingerprint density at radius 3 is 2.88 bits per heavy atom. The van der Waals surface area contributed by atoms with Crippen LogP contribution in [0.1, 0.15) is 25.0 Å². The third-order valence-electron chi connectivity index (χ3n) is 3.57. The van der Waals surface area contributed by atoms with Gasteiger partial charge in [0.15, 0.2) is 0 Å². The van der Waals surface area contributed by atoms with E-state index in [0.717, 1.165) is 31.7 Å². The second-order valence-corrected chi connectivity index (χ2v) is 5.54. The molecule has 3 nitrogen and oxygen atoms in total. The molecule has 2 rings (SSSR count). The lowest BCUT2D eigenvalue weighted by Crippen LogP contribution is -2.57. The van der Waals surface area contributed by atoms with Crippen molar-refractivity contribution < 1.29 is 5.11 Å². The number of hydrogen-bond donors (Lipinski definition) is 2. The number of nitrogens with zero attached hydrogens (tertiary/aromatic N) is 1. The van der Waals surface area contributed by atoms with Gasteiger partial charge in [0.1, 0.15) is 5.75 Å². The summed E-state index contributed by atoms with van der Waals surface area (Å²) in [6, 6.07) is 5.81. The lowest BCUT2D eigenvalue weighted by molar-refractivity contribution is 0.0819. The summed E-state index contributed by atoms with van der Waals surface area (Å²) < 4.78 is 0. The van der Waals surface area contributed by atoms with Crippen molar-refractivity contribution in [1.82, 2.24) is 10.2 Å². The highest BCUT2D eigenvalue weighted by Gasteiger charge is 2.29. The molecule has 0 aromatic heterocycles. The molecule has 0 aliphatic carbocycles. The quantitative estimate of drug-likeness (QED) is 0.820. The van der Waals surface area contributed by atoms with Crippen molar-refractivity contribution in [3.05, 3.63) is 29.3 Å². The summed E-state index contributed by atoms with van der Waals surface area (Å²) in [5.74, 6) is 0.407. The normalized spacial score (nSPS) is 20.4. The molecular weight excluding hydrogens is 212 g/mol. The maximum atomic E-state index is 9.89. The van der Waals surface area contributed by atoms with E-state index in [1.54, 1.807) is 6.07 Å². The average Bonchev–Trinajstić information content (AvgIpc) is 2.26. The fourth-order valence-corrected chi connectivity index (χ4v) is 2.36. The third-order valence-corrected chi connectivity index (χ3v) is 3.57. The monoisotopic (exact) mass is 234 g/mol. The number of benzene rings is 1. The summed E-state index contributed by atoms with van der Waals surface area (Å²) in [6.45, 7) is 10.4. The van der Waals surface area contributed by atoms with Gasteiger partial charge in [-0.25, -0.2) is 0 Å². The second-order valence-electron chi connectivity index (χ2n) is 5.54. The molecule has 1 aromatic carbocycles. The average molecular weight is 234 g/mol. The summed E-state index contributed by atoms with van der Waals surface area (Å²) in [4.78, 5) is 2.43. The van der Waals surface area contributed by atoms with Crippen LogP contribution in [0.4, 0.5) is 0 Å². The first-order chi connectivity index (χ1) is 7.99. The number of aromatic hydroxyl groups is 1. The Hall–Kier alpha value is -1.06. The van der Waals surface area contributed by atoms with Gasteiger partial charge in [-0.05, 0) is 26.8 Å². The molecule has 1 aromatic rings. The standard InChI is InChI=1S/C14H22N2O/c1-11-4-5-13(17)12(8-11)9-16-7-6-15-10-14(16,2)3/h4-5,8,15,17H,6-7,9-10H2,1-3H3. The molecule has 0 saturated carbocycles. The van der Waals surface area contributed by atoms with Crippen LogP contribution in [0, 0.1) is 6.92 Å². The molecule has 0 spiro atoms. The summed E-state index contributed by atoms with van der Waals surface area (Å²) in [5, 5.41) is 13.3. The zero-order chi connectivity index (χ0) is 12.5. The summed E-state index contributed by atoms with van der Waals surface area (Å²) in [7, 11) is 0. The molecule has 0 amide bonds.